The first kappa shape index (κ1) is 19.3. The highest BCUT2D eigenvalue weighted by atomic mass is 19.2. The molecule has 3 rings (SSSR count). The number of hydrogen-bond acceptors (Lipinski definition) is 0. The van der Waals surface area contributed by atoms with Crippen LogP contribution in [0.25, 0.3) is 16.7 Å². The maximum atomic E-state index is 14.5. The molecular formula is C22H25F3. The zero-order chi connectivity index (χ0) is 18.6. The lowest BCUT2D eigenvalue weighted by atomic mass is 9.87. The van der Waals surface area contributed by atoms with Gasteiger partial charge in [0.05, 0.1) is 0 Å². The topological polar surface area (TPSA) is 0 Å². The molecule has 2 aromatic carbocycles. The highest BCUT2D eigenvalue weighted by Crippen LogP contribution is 2.34. The van der Waals surface area contributed by atoms with Gasteiger partial charge in [0.25, 0.3) is 0 Å². The number of hydrogen-bond donors (Lipinski definition) is 0. The number of rotatable bonds is 2. The lowest BCUT2D eigenvalue weighted by Crippen LogP contribution is -2.02. The van der Waals surface area contributed by atoms with Crippen LogP contribution in [0.4, 0.5) is 13.2 Å². The molecule has 0 aliphatic heterocycles. The molecule has 0 heterocycles. The summed E-state index contributed by atoms with van der Waals surface area (Å²) in [5.41, 5.74) is 2.25. The first-order valence-corrected chi connectivity index (χ1v) is 8.91. The van der Waals surface area contributed by atoms with Gasteiger partial charge in [-0.3, -0.25) is 0 Å². The molecule has 0 saturated carbocycles. The van der Waals surface area contributed by atoms with E-state index in [2.05, 4.69) is 13.0 Å². The fourth-order valence-electron chi connectivity index (χ4n) is 3.02. The molecule has 25 heavy (non-hydrogen) atoms. The van der Waals surface area contributed by atoms with E-state index in [-0.39, 0.29) is 16.9 Å². The monoisotopic (exact) mass is 346 g/mol. The summed E-state index contributed by atoms with van der Waals surface area (Å²) < 4.78 is 42.2. The first-order chi connectivity index (χ1) is 12.0. The molecule has 1 aliphatic rings. The van der Waals surface area contributed by atoms with Crippen LogP contribution in [-0.2, 0) is 0 Å². The van der Waals surface area contributed by atoms with Crippen molar-refractivity contribution in [1.82, 2.24) is 0 Å². The van der Waals surface area contributed by atoms with E-state index in [0.717, 1.165) is 24.8 Å². The molecule has 2 aromatic rings. The maximum Gasteiger partial charge on any atom is 0.166 e. The SMILES string of the molecule is CC.Cc1ccc(-c2ccc(C3=CCC(C)CC3)c(F)c2)c(F)c1F. The Kier molecular flexibility index (Phi) is 6.46. The Labute approximate surface area is 148 Å². The molecule has 3 heteroatoms. The van der Waals surface area contributed by atoms with E-state index in [1.807, 2.05) is 13.8 Å². The minimum absolute atomic E-state index is 0.0878. The van der Waals surface area contributed by atoms with Gasteiger partial charge in [0.1, 0.15) is 5.82 Å². The van der Waals surface area contributed by atoms with Crippen molar-refractivity contribution in [3.63, 3.8) is 0 Å². The van der Waals surface area contributed by atoms with E-state index in [0.29, 0.717) is 17.0 Å². The van der Waals surface area contributed by atoms with Gasteiger partial charge < -0.3 is 0 Å². The van der Waals surface area contributed by atoms with Crippen LogP contribution in [0.1, 0.15) is 51.2 Å². The lowest BCUT2D eigenvalue weighted by Gasteiger charge is -2.19. The fraction of sp³-hybridized carbons (Fsp3) is 0.364. The van der Waals surface area contributed by atoms with Gasteiger partial charge in [-0.25, -0.2) is 13.2 Å². The first-order valence-electron chi connectivity index (χ1n) is 8.91. The van der Waals surface area contributed by atoms with E-state index in [1.54, 1.807) is 12.1 Å². The Bertz CT molecular complexity index is 775. The summed E-state index contributed by atoms with van der Waals surface area (Å²) in [6.45, 7) is 7.68. The van der Waals surface area contributed by atoms with Gasteiger partial charge >= 0.3 is 0 Å². The number of allylic oxidation sites excluding steroid dienone is 2. The molecule has 0 amide bonds. The second-order valence-corrected chi connectivity index (χ2v) is 6.36. The Morgan fingerprint density at radius 3 is 2.20 bits per heavy atom. The van der Waals surface area contributed by atoms with E-state index >= 15 is 0 Å². The normalized spacial score (nSPS) is 16.8. The van der Waals surface area contributed by atoms with Gasteiger partial charge in [-0.2, -0.15) is 0 Å². The summed E-state index contributed by atoms with van der Waals surface area (Å²) in [6, 6.07) is 7.62. The third kappa shape index (κ3) is 4.15. The van der Waals surface area contributed by atoms with E-state index in [1.165, 1.54) is 25.1 Å². The molecule has 134 valence electrons. The van der Waals surface area contributed by atoms with Gasteiger partial charge in [0.2, 0.25) is 0 Å². The average Bonchev–Trinajstić information content (AvgIpc) is 2.62. The lowest BCUT2D eigenvalue weighted by molar-refractivity contribution is 0.505. The number of halogens is 3. The third-order valence-corrected chi connectivity index (χ3v) is 4.57. The van der Waals surface area contributed by atoms with Crippen LogP contribution in [0.3, 0.4) is 0 Å². The Morgan fingerprint density at radius 1 is 0.920 bits per heavy atom. The van der Waals surface area contributed by atoms with Gasteiger partial charge in [-0.05, 0) is 54.9 Å². The smallest absolute Gasteiger partial charge is 0.166 e. The van der Waals surface area contributed by atoms with E-state index in [4.69, 9.17) is 0 Å². The molecule has 0 fully saturated rings. The highest BCUT2D eigenvalue weighted by Gasteiger charge is 2.17. The molecule has 0 nitrogen and oxygen atoms in total. The fourth-order valence-corrected chi connectivity index (χ4v) is 3.02. The molecule has 1 unspecified atom stereocenters. The van der Waals surface area contributed by atoms with Gasteiger partial charge in [-0.1, -0.05) is 51.1 Å². The number of aryl methyl sites for hydroxylation is 1. The van der Waals surface area contributed by atoms with Crippen LogP contribution >= 0.6 is 0 Å². The van der Waals surface area contributed by atoms with E-state index < -0.39 is 11.6 Å². The van der Waals surface area contributed by atoms with Crippen molar-refractivity contribution in [2.45, 2.75) is 47.0 Å². The predicted molar refractivity (Wildman–Crippen MR) is 98.8 cm³/mol. The standard InChI is InChI=1S/C20H19F3.C2H6/c1-12-3-6-14(7-4-12)16-10-8-15(11-18(16)21)17-9-5-13(2)19(22)20(17)23;1-2/h5-6,8-12H,3-4,7H2,1-2H3;1-2H3. The molecular weight excluding hydrogens is 321 g/mol. The van der Waals surface area contributed by atoms with E-state index in [9.17, 15) is 13.2 Å². The van der Waals surface area contributed by atoms with Crippen LogP contribution in [0.2, 0.25) is 0 Å². The maximum absolute atomic E-state index is 14.5. The van der Waals surface area contributed by atoms with Crippen LogP contribution < -0.4 is 0 Å². The molecule has 0 radical (unpaired) electrons. The molecule has 1 atom stereocenters. The summed E-state index contributed by atoms with van der Waals surface area (Å²) >= 11 is 0. The zero-order valence-corrected chi connectivity index (χ0v) is 15.3. The summed E-state index contributed by atoms with van der Waals surface area (Å²) in [5, 5.41) is 0. The van der Waals surface area contributed by atoms with Crippen molar-refractivity contribution in [1.29, 1.82) is 0 Å². The molecule has 1 aliphatic carbocycles. The summed E-state index contributed by atoms with van der Waals surface area (Å²) in [5.74, 6) is -1.56. The second-order valence-electron chi connectivity index (χ2n) is 6.36. The summed E-state index contributed by atoms with van der Waals surface area (Å²) in [6.07, 6.45) is 4.93. The Hall–Kier alpha value is -2.03. The van der Waals surface area contributed by atoms with Gasteiger partial charge in [-0.15, -0.1) is 0 Å². The van der Waals surface area contributed by atoms with Crippen molar-refractivity contribution in [2.75, 3.05) is 0 Å². The minimum Gasteiger partial charge on any atom is -0.206 e. The molecule has 0 aromatic heterocycles. The van der Waals surface area contributed by atoms with Crippen LogP contribution in [0.15, 0.2) is 36.4 Å². The van der Waals surface area contributed by atoms with Crippen molar-refractivity contribution < 1.29 is 13.2 Å². The zero-order valence-electron chi connectivity index (χ0n) is 15.3. The summed E-state index contributed by atoms with van der Waals surface area (Å²) in [4.78, 5) is 0. The van der Waals surface area contributed by atoms with Gasteiger partial charge in [0, 0.05) is 11.1 Å². The molecule has 0 N–H and O–H groups in total. The van der Waals surface area contributed by atoms with Crippen molar-refractivity contribution >= 4 is 5.57 Å². The average molecular weight is 346 g/mol. The van der Waals surface area contributed by atoms with Crippen LogP contribution in [0.5, 0.6) is 0 Å². The second kappa shape index (κ2) is 8.37. The van der Waals surface area contributed by atoms with Crippen LogP contribution in [0, 0.1) is 30.3 Å². The number of benzene rings is 2. The van der Waals surface area contributed by atoms with Crippen molar-refractivity contribution in [3.05, 3.63) is 65.0 Å². The Morgan fingerprint density at radius 2 is 1.60 bits per heavy atom. The van der Waals surface area contributed by atoms with Crippen LogP contribution in [-0.4, -0.2) is 0 Å². The van der Waals surface area contributed by atoms with Gasteiger partial charge in [0.15, 0.2) is 11.6 Å². The summed E-state index contributed by atoms with van der Waals surface area (Å²) in [7, 11) is 0. The predicted octanol–water partition coefficient (Wildman–Crippen LogP) is 7.31. The highest BCUT2D eigenvalue weighted by molar-refractivity contribution is 5.72. The minimum atomic E-state index is -0.928. The molecule has 0 bridgehead atoms. The molecule has 0 spiro atoms. The van der Waals surface area contributed by atoms with Crippen molar-refractivity contribution in [3.8, 4) is 11.1 Å². The molecule has 0 saturated heterocycles. The largest absolute Gasteiger partial charge is 0.206 e. The van der Waals surface area contributed by atoms with Crippen molar-refractivity contribution in [2.24, 2.45) is 5.92 Å². The quantitative estimate of drug-likeness (QED) is 0.535. The third-order valence-electron chi connectivity index (χ3n) is 4.57. The Balaban J connectivity index is 0.00000109.